The first kappa shape index (κ1) is 12.7. The summed E-state index contributed by atoms with van der Waals surface area (Å²) in [7, 11) is 0. The van der Waals surface area contributed by atoms with E-state index >= 15 is 0 Å². The maximum atomic E-state index is 12.2. The van der Waals surface area contributed by atoms with E-state index < -0.39 is 0 Å². The molecule has 0 amide bonds. The summed E-state index contributed by atoms with van der Waals surface area (Å²) in [5, 5.41) is 3.07. The summed E-state index contributed by atoms with van der Waals surface area (Å²) in [5.74, 6) is 2.07. The Kier molecular flexibility index (Phi) is 3.97. The van der Waals surface area contributed by atoms with Gasteiger partial charge in [0.2, 0.25) is 0 Å². The van der Waals surface area contributed by atoms with Crippen molar-refractivity contribution in [1.29, 1.82) is 0 Å². The Hall–Kier alpha value is -0.700. The Bertz CT molecular complexity index is 389. The van der Waals surface area contributed by atoms with E-state index in [-0.39, 0.29) is 5.92 Å². The molecule has 1 fully saturated rings. The van der Waals surface area contributed by atoms with Crippen molar-refractivity contribution in [3.63, 3.8) is 0 Å². The third-order valence-electron chi connectivity index (χ3n) is 3.66. The molecule has 0 saturated heterocycles. The van der Waals surface area contributed by atoms with E-state index in [1.807, 2.05) is 12.3 Å². The highest BCUT2D eigenvalue weighted by Crippen LogP contribution is 2.33. The van der Waals surface area contributed by atoms with Gasteiger partial charge in [0.05, 0.1) is 10.7 Å². The minimum Gasteiger partial charge on any atom is -0.299 e. The molecule has 2 atom stereocenters. The lowest BCUT2D eigenvalue weighted by Crippen LogP contribution is -2.27. The molecule has 1 aromatic heterocycles. The predicted octanol–water partition coefficient (Wildman–Crippen LogP) is 3.64. The molecule has 3 heteroatoms. The molecule has 0 aromatic carbocycles. The zero-order chi connectivity index (χ0) is 12.4. The van der Waals surface area contributed by atoms with Crippen LogP contribution in [0.25, 0.3) is 0 Å². The van der Waals surface area contributed by atoms with Crippen LogP contribution in [-0.4, -0.2) is 10.8 Å². The molecule has 0 radical (unpaired) electrons. The monoisotopic (exact) mass is 251 g/mol. The SMILES string of the molecule is Cc1nc(CC(=O)C2CC(C)CC(C)C2)cs1. The number of aromatic nitrogens is 1. The fraction of sp³-hybridized carbons (Fsp3) is 0.714. The maximum absolute atomic E-state index is 12.2. The number of nitrogens with zero attached hydrogens (tertiary/aromatic N) is 1. The van der Waals surface area contributed by atoms with Gasteiger partial charge in [-0.25, -0.2) is 4.98 Å². The highest BCUT2D eigenvalue weighted by Gasteiger charge is 2.28. The van der Waals surface area contributed by atoms with Crippen molar-refractivity contribution in [2.45, 2.75) is 46.5 Å². The maximum Gasteiger partial charge on any atom is 0.141 e. The molecule has 94 valence electrons. The van der Waals surface area contributed by atoms with Crippen LogP contribution in [0.4, 0.5) is 0 Å². The van der Waals surface area contributed by atoms with Gasteiger partial charge in [0.15, 0.2) is 0 Å². The van der Waals surface area contributed by atoms with Crippen molar-refractivity contribution in [2.75, 3.05) is 0 Å². The van der Waals surface area contributed by atoms with Gasteiger partial charge < -0.3 is 0 Å². The lowest BCUT2D eigenvalue weighted by Gasteiger charge is -2.30. The second-order valence-corrected chi connectivity index (χ2v) is 6.68. The van der Waals surface area contributed by atoms with Gasteiger partial charge in [-0.2, -0.15) is 0 Å². The molecule has 17 heavy (non-hydrogen) atoms. The first-order chi connectivity index (χ1) is 8.04. The van der Waals surface area contributed by atoms with Crippen LogP contribution in [-0.2, 0) is 11.2 Å². The van der Waals surface area contributed by atoms with E-state index in [0.717, 1.165) is 23.5 Å². The molecule has 0 bridgehead atoms. The van der Waals surface area contributed by atoms with Crippen LogP contribution < -0.4 is 0 Å². The second kappa shape index (κ2) is 5.30. The largest absolute Gasteiger partial charge is 0.299 e. The number of thiazole rings is 1. The Morgan fingerprint density at radius 3 is 2.53 bits per heavy atom. The summed E-state index contributed by atoms with van der Waals surface area (Å²) in [4.78, 5) is 16.6. The third-order valence-corrected chi connectivity index (χ3v) is 4.48. The van der Waals surface area contributed by atoms with Gasteiger partial charge in [-0.1, -0.05) is 13.8 Å². The number of carbonyl (C=O) groups is 1. The minimum absolute atomic E-state index is 0.274. The van der Waals surface area contributed by atoms with Gasteiger partial charge in [-0.15, -0.1) is 11.3 Å². The van der Waals surface area contributed by atoms with Gasteiger partial charge in [0, 0.05) is 17.7 Å². The molecule has 2 unspecified atom stereocenters. The van der Waals surface area contributed by atoms with Crippen LogP contribution in [0.2, 0.25) is 0 Å². The summed E-state index contributed by atoms with van der Waals surface area (Å²) < 4.78 is 0. The van der Waals surface area contributed by atoms with Gasteiger partial charge in [-0.3, -0.25) is 4.79 Å². The lowest BCUT2D eigenvalue weighted by molar-refractivity contribution is -0.124. The van der Waals surface area contributed by atoms with Gasteiger partial charge in [-0.05, 0) is 38.0 Å². The van der Waals surface area contributed by atoms with Crippen LogP contribution in [0, 0.1) is 24.7 Å². The van der Waals surface area contributed by atoms with Crippen molar-refractivity contribution >= 4 is 17.1 Å². The molecule has 0 spiro atoms. The van der Waals surface area contributed by atoms with E-state index in [4.69, 9.17) is 0 Å². The number of ketones is 1. The van der Waals surface area contributed by atoms with E-state index in [2.05, 4.69) is 18.8 Å². The normalized spacial score (nSPS) is 29.2. The quantitative estimate of drug-likeness (QED) is 0.821. The van der Waals surface area contributed by atoms with Gasteiger partial charge in [0.25, 0.3) is 0 Å². The van der Waals surface area contributed by atoms with E-state index in [1.54, 1.807) is 11.3 Å². The zero-order valence-electron chi connectivity index (χ0n) is 10.9. The molecule has 1 aliphatic rings. The summed E-state index contributed by atoms with van der Waals surface area (Å²) in [5.41, 5.74) is 0.961. The molecule has 0 N–H and O–H groups in total. The molecule has 1 aromatic rings. The lowest BCUT2D eigenvalue weighted by atomic mass is 9.74. The number of aryl methyl sites for hydroxylation is 1. The van der Waals surface area contributed by atoms with Crippen molar-refractivity contribution in [1.82, 2.24) is 4.98 Å². The number of carbonyl (C=O) groups excluding carboxylic acids is 1. The molecular weight excluding hydrogens is 230 g/mol. The third kappa shape index (κ3) is 3.38. The Morgan fingerprint density at radius 1 is 1.35 bits per heavy atom. The Morgan fingerprint density at radius 2 is 2.00 bits per heavy atom. The van der Waals surface area contributed by atoms with Crippen LogP contribution in [0.3, 0.4) is 0 Å². The molecule has 2 nitrogen and oxygen atoms in total. The number of Topliss-reactive ketones (excluding diaryl/α,β-unsaturated/α-hetero) is 1. The average molecular weight is 251 g/mol. The summed E-state index contributed by atoms with van der Waals surface area (Å²) in [6.07, 6.45) is 3.96. The van der Waals surface area contributed by atoms with E-state index in [1.165, 1.54) is 6.42 Å². The summed E-state index contributed by atoms with van der Waals surface area (Å²) >= 11 is 1.63. The molecule has 2 rings (SSSR count). The highest BCUT2D eigenvalue weighted by molar-refractivity contribution is 7.09. The van der Waals surface area contributed by atoms with Crippen molar-refractivity contribution in [2.24, 2.45) is 17.8 Å². The Balaban J connectivity index is 1.95. The average Bonchev–Trinajstić information content (AvgIpc) is 2.62. The van der Waals surface area contributed by atoms with Gasteiger partial charge >= 0.3 is 0 Å². The standard InChI is InChI=1S/C14H21NOS/c1-9-4-10(2)6-12(5-9)14(16)7-13-8-17-11(3)15-13/h8-10,12H,4-7H2,1-3H3. The summed E-state index contributed by atoms with van der Waals surface area (Å²) in [6.45, 7) is 6.52. The zero-order valence-corrected chi connectivity index (χ0v) is 11.7. The van der Waals surface area contributed by atoms with E-state index in [0.29, 0.717) is 24.0 Å². The van der Waals surface area contributed by atoms with Crippen molar-refractivity contribution in [3.05, 3.63) is 16.1 Å². The number of rotatable bonds is 3. The first-order valence-electron chi connectivity index (χ1n) is 6.48. The smallest absolute Gasteiger partial charge is 0.141 e. The van der Waals surface area contributed by atoms with Gasteiger partial charge in [0.1, 0.15) is 5.78 Å². The molecule has 1 saturated carbocycles. The minimum atomic E-state index is 0.274. The molecular formula is C14H21NOS. The van der Waals surface area contributed by atoms with Crippen LogP contribution >= 0.6 is 11.3 Å². The van der Waals surface area contributed by atoms with E-state index in [9.17, 15) is 4.79 Å². The first-order valence-corrected chi connectivity index (χ1v) is 7.36. The second-order valence-electron chi connectivity index (χ2n) is 5.62. The van der Waals surface area contributed by atoms with Crippen molar-refractivity contribution < 1.29 is 4.79 Å². The fourth-order valence-corrected chi connectivity index (χ4v) is 3.63. The molecule has 0 aliphatic heterocycles. The summed E-state index contributed by atoms with van der Waals surface area (Å²) in [6, 6.07) is 0. The topological polar surface area (TPSA) is 30.0 Å². The number of hydrogen-bond acceptors (Lipinski definition) is 3. The number of hydrogen-bond donors (Lipinski definition) is 0. The van der Waals surface area contributed by atoms with Crippen molar-refractivity contribution in [3.8, 4) is 0 Å². The fourth-order valence-electron chi connectivity index (χ4n) is 3.02. The molecule has 1 aliphatic carbocycles. The highest BCUT2D eigenvalue weighted by atomic mass is 32.1. The van der Waals surface area contributed by atoms with Crippen LogP contribution in [0.1, 0.15) is 43.8 Å². The van der Waals surface area contributed by atoms with Crippen LogP contribution in [0.15, 0.2) is 5.38 Å². The Labute approximate surface area is 107 Å². The molecule has 1 heterocycles. The van der Waals surface area contributed by atoms with Crippen LogP contribution in [0.5, 0.6) is 0 Å². The predicted molar refractivity (Wildman–Crippen MR) is 71.2 cm³/mol.